The maximum Gasteiger partial charge on any atom is 0.154 e. The van der Waals surface area contributed by atoms with Crippen LogP contribution in [0.5, 0.6) is 0 Å². The largest absolute Gasteiger partial charge is 0.384 e. The molecule has 19 heavy (non-hydrogen) atoms. The van der Waals surface area contributed by atoms with Gasteiger partial charge in [0.25, 0.3) is 0 Å². The number of alkyl halides is 1. The van der Waals surface area contributed by atoms with Crippen molar-refractivity contribution < 1.29 is 8.42 Å². The topological polar surface area (TPSA) is 46.2 Å². The van der Waals surface area contributed by atoms with E-state index in [1.807, 2.05) is 12.1 Å². The number of hydrogen-bond acceptors (Lipinski definition) is 3. The van der Waals surface area contributed by atoms with Crippen molar-refractivity contribution in [3.63, 3.8) is 0 Å². The lowest BCUT2D eigenvalue weighted by Gasteiger charge is -2.10. The lowest BCUT2D eigenvalue weighted by molar-refractivity contribution is 0.588. The smallest absolute Gasteiger partial charge is 0.154 e. The van der Waals surface area contributed by atoms with Gasteiger partial charge in [0.05, 0.1) is 11.0 Å². The predicted octanol–water partition coefficient (Wildman–Crippen LogP) is 3.09. The molecule has 0 amide bonds. The summed E-state index contributed by atoms with van der Waals surface area (Å²) in [7, 11) is -2.97. The van der Waals surface area contributed by atoms with Crippen LogP contribution in [-0.2, 0) is 16.3 Å². The first-order valence-corrected chi connectivity index (χ1v) is 8.81. The zero-order chi connectivity index (χ0) is 14.3. The van der Waals surface area contributed by atoms with Gasteiger partial charge in [0.2, 0.25) is 0 Å². The molecule has 0 saturated carbocycles. The number of rotatable bonds is 8. The number of hydrogen-bond donors (Lipinski definition) is 1. The van der Waals surface area contributed by atoms with Crippen LogP contribution in [0.4, 0.5) is 5.69 Å². The summed E-state index contributed by atoms with van der Waals surface area (Å²) in [5.41, 5.74) is 2.18. The van der Waals surface area contributed by atoms with Crippen molar-refractivity contribution in [2.24, 2.45) is 0 Å². The molecule has 0 unspecified atom stereocenters. The summed E-state index contributed by atoms with van der Waals surface area (Å²) in [6, 6.07) is 8.03. The van der Waals surface area contributed by atoms with E-state index in [4.69, 9.17) is 11.6 Å². The molecule has 1 N–H and O–H groups in total. The van der Waals surface area contributed by atoms with Gasteiger partial charge in [0, 0.05) is 18.1 Å². The van der Waals surface area contributed by atoms with Crippen LogP contribution in [0.2, 0.25) is 0 Å². The zero-order valence-electron chi connectivity index (χ0n) is 11.5. The van der Waals surface area contributed by atoms with E-state index in [-0.39, 0.29) is 11.0 Å². The maximum atomic E-state index is 11.7. The van der Waals surface area contributed by atoms with Gasteiger partial charge in [-0.3, -0.25) is 0 Å². The van der Waals surface area contributed by atoms with Gasteiger partial charge in [0.15, 0.2) is 9.84 Å². The molecule has 0 saturated heterocycles. The van der Waals surface area contributed by atoms with Gasteiger partial charge < -0.3 is 5.32 Å². The lowest BCUT2D eigenvalue weighted by atomic mass is 10.1. The number of halogens is 1. The molecule has 0 heterocycles. The second-order valence-corrected chi connectivity index (χ2v) is 7.89. The predicted molar refractivity (Wildman–Crippen MR) is 82.9 cm³/mol. The highest BCUT2D eigenvalue weighted by Crippen LogP contribution is 2.12. The third-order valence-electron chi connectivity index (χ3n) is 2.96. The van der Waals surface area contributed by atoms with Crippen molar-refractivity contribution >= 4 is 27.1 Å². The summed E-state index contributed by atoms with van der Waals surface area (Å²) in [4.78, 5) is 0. The first kappa shape index (κ1) is 16.3. The van der Waals surface area contributed by atoms with Crippen LogP contribution in [0.15, 0.2) is 24.3 Å². The maximum absolute atomic E-state index is 11.7. The summed E-state index contributed by atoms with van der Waals surface area (Å²) < 4.78 is 23.3. The molecule has 1 rings (SSSR count). The van der Waals surface area contributed by atoms with Crippen LogP contribution in [0, 0.1) is 0 Å². The van der Waals surface area contributed by atoms with Gasteiger partial charge >= 0.3 is 0 Å². The Morgan fingerprint density at radius 2 is 2.05 bits per heavy atom. The molecule has 0 atom stereocenters. The SMILES string of the molecule is CC(C)S(=O)(=O)CCNc1cccc(CCCCl)c1. The van der Waals surface area contributed by atoms with Crippen molar-refractivity contribution in [3.8, 4) is 0 Å². The minimum absolute atomic E-state index is 0.163. The standard InChI is InChI=1S/C14H22ClNO2S/c1-12(2)19(17,18)10-9-16-14-7-3-5-13(11-14)6-4-8-15/h3,5,7,11-12,16H,4,6,8-10H2,1-2H3. The molecular formula is C14H22ClNO2S. The molecule has 0 spiro atoms. The first-order chi connectivity index (χ1) is 8.95. The Morgan fingerprint density at radius 1 is 1.32 bits per heavy atom. The molecule has 0 aliphatic carbocycles. The first-order valence-electron chi connectivity index (χ1n) is 6.56. The number of aryl methyl sites for hydroxylation is 1. The summed E-state index contributed by atoms with van der Waals surface area (Å²) >= 11 is 5.67. The zero-order valence-corrected chi connectivity index (χ0v) is 13.1. The van der Waals surface area contributed by atoms with Crippen LogP contribution in [0.25, 0.3) is 0 Å². The van der Waals surface area contributed by atoms with E-state index in [0.29, 0.717) is 12.4 Å². The Morgan fingerprint density at radius 3 is 2.68 bits per heavy atom. The van der Waals surface area contributed by atoms with Gasteiger partial charge in [-0.2, -0.15) is 0 Å². The Labute approximate surface area is 121 Å². The van der Waals surface area contributed by atoms with Crippen LogP contribution < -0.4 is 5.32 Å². The molecule has 3 nitrogen and oxygen atoms in total. The second kappa shape index (κ2) is 7.75. The van der Waals surface area contributed by atoms with E-state index in [0.717, 1.165) is 18.5 Å². The fourth-order valence-corrected chi connectivity index (χ4v) is 2.67. The van der Waals surface area contributed by atoms with E-state index in [2.05, 4.69) is 17.4 Å². The molecule has 1 aromatic carbocycles. The van der Waals surface area contributed by atoms with E-state index >= 15 is 0 Å². The van der Waals surface area contributed by atoms with E-state index in [9.17, 15) is 8.42 Å². The molecule has 0 radical (unpaired) electrons. The highest BCUT2D eigenvalue weighted by Gasteiger charge is 2.14. The van der Waals surface area contributed by atoms with Crippen molar-refractivity contribution in [2.45, 2.75) is 31.9 Å². The summed E-state index contributed by atoms with van der Waals surface area (Å²) in [5.74, 6) is 0.820. The molecule has 1 aromatic rings. The molecule has 0 aromatic heterocycles. The van der Waals surface area contributed by atoms with Crippen molar-refractivity contribution in [1.82, 2.24) is 0 Å². The lowest BCUT2D eigenvalue weighted by Crippen LogP contribution is -2.22. The number of nitrogens with one attached hydrogen (secondary N) is 1. The monoisotopic (exact) mass is 303 g/mol. The molecule has 108 valence electrons. The Bertz CT molecular complexity index is 486. The number of sulfone groups is 1. The fraction of sp³-hybridized carbons (Fsp3) is 0.571. The Hall–Kier alpha value is -0.740. The molecule has 0 aliphatic rings. The van der Waals surface area contributed by atoms with Crippen LogP contribution >= 0.6 is 11.6 Å². The highest BCUT2D eigenvalue weighted by atomic mass is 35.5. The molecule has 0 fully saturated rings. The summed E-state index contributed by atoms with van der Waals surface area (Å²) in [5, 5.41) is 2.84. The fourth-order valence-electron chi connectivity index (χ4n) is 1.68. The van der Waals surface area contributed by atoms with Gasteiger partial charge in [-0.15, -0.1) is 11.6 Å². The molecule has 5 heteroatoms. The third kappa shape index (κ3) is 5.83. The van der Waals surface area contributed by atoms with Crippen molar-refractivity contribution in [3.05, 3.63) is 29.8 Å². The average Bonchev–Trinajstić information content (AvgIpc) is 2.36. The quantitative estimate of drug-likeness (QED) is 0.751. The highest BCUT2D eigenvalue weighted by molar-refractivity contribution is 7.92. The second-order valence-electron chi connectivity index (χ2n) is 4.84. The van der Waals surface area contributed by atoms with E-state index < -0.39 is 9.84 Å². The molecule has 0 aliphatic heterocycles. The summed E-state index contributed by atoms with van der Waals surface area (Å²) in [6.07, 6.45) is 1.90. The minimum atomic E-state index is -2.97. The van der Waals surface area contributed by atoms with Gasteiger partial charge in [-0.05, 0) is 44.4 Å². The van der Waals surface area contributed by atoms with Crippen molar-refractivity contribution in [1.29, 1.82) is 0 Å². The Kier molecular flexibility index (Phi) is 6.66. The Balaban J connectivity index is 2.49. The minimum Gasteiger partial charge on any atom is -0.384 e. The normalized spacial score (nSPS) is 11.8. The third-order valence-corrected chi connectivity index (χ3v) is 5.44. The van der Waals surface area contributed by atoms with Crippen LogP contribution in [-0.4, -0.2) is 31.8 Å². The van der Waals surface area contributed by atoms with Crippen LogP contribution in [0.1, 0.15) is 25.8 Å². The molecular weight excluding hydrogens is 282 g/mol. The molecule has 0 bridgehead atoms. The number of anilines is 1. The van der Waals surface area contributed by atoms with Gasteiger partial charge in [-0.25, -0.2) is 8.42 Å². The van der Waals surface area contributed by atoms with E-state index in [1.165, 1.54) is 5.56 Å². The van der Waals surface area contributed by atoms with Crippen LogP contribution in [0.3, 0.4) is 0 Å². The number of benzene rings is 1. The van der Waals surface area contributed by atoms with E-state index in [1.54, 1.807) is 13.8 Å². The van der Waals surface area contributed by atoms with Crippen molar-refractivity contribution in [2.75, 3.05) is 23.5 Å². The van der Waals surface area contributed by atoms with Gasteiger partial charge in [-0.1, -0.05) is 12.1 Å². The average molecular weight is 304 g/mol. The summed E-state index contributed by atoms with van der Waals surface area (Å²) in [6.45, 7) is 3.86. The van der Waals surface area contributed by atoms with Gasteiger partial charge in [0.1, 0.15) is 0 Å².